The lowest BCUT2D eigenvalue weighted by molar-refractivity contribution is -0.138. The molecule has 0 saturated heterocycles. The Labute approximate surface area is 91.4 Å². The van der Waals surface area contributed by atoms with Crippen LogP contribution >= 0.6 is 23.2 Å². The van der Waals surface area contributed by atoms with Crippen LogP contribution in [0, 0.1) is 5.92 Å². The van der Waals surface area contributed by atoms with Gasteiger partial charge in [0.15, 0.2) is 0 Å². The maximum absolute atomic E-state index is 10.8. The lowest BCUT2D eigenvalue weighted by Crippen LogP contribution is -2.03. The van der Waals surface area contributed by atoms with Gasteiger partial charge in [-0.3, -0.25) is 4.79 Å². The number of alkyl halides is 2. The zero-order valence-corrected chi connectivity index (χ0v) is 8.66. The molecule has 0 aromatic heterocycles. The first-order chi connectivity index (χ1) is 6.55. The fourth-order valence-electron chi connectivity index (χ4n) is 1.71. The predicted octanol–water partition coefficient (Wildman–Crippen LogP) is 2.66. The molecule has 1 saturated carbocycles. The first-order valence-corrected chi connectivity index (χ1v) is 4.96. The van der Waals surface area contributed by atoms with Crippen molar-refractivity contribution in [3.8, 4) is 0 Å². The molecule has 14 heavy (non-hydrogen) atoms. The second-order valence-electron chi connectivity index (χ2n) is 3.38. The van der Waals surface area contributed by atoms with Crippen LogP contribution in [0.1, 0.15) is 11.5 Å². The molecule has 2 atom stereocenters. The second kappa shape index (κ2) is 3.14. The van der Waals surface area contributed by atoms with E-state index in [1.807, 2.05) is 30.3 Å². The Bertz CT molecular complexity index is 362. The molecule has 1 aromatic carbocycles. The lowest BCUT2D eigenvalue weighted by Gasteiger charge is -1.97. The topological polar surface area (TPSA) is 37.3 Å². The van der Waals surface area contributed by atoms with Crippen LogP contribution in [0.2, 0.25) is 0 Å². The van der Waals surface area contributed by atoms with Crippen LogP contribution in [0.15, 0.2) is 30.3 Å². The molecule has 0 aliphatic heterocycles. The summed E-state index contributed by atoms with van der Waals surface area (Å²) in [6.45, 7) is 0. The summed E-state index contributed by atoms with van der Waals surface area (Å²) in [5.41, 5.74) is 0.880. The summed E-state index contributed by atoms with van der Waals surface area (Å²) in [5.74, 6) is -1.92. The summed E-state index contributed by atoms with van der Waals surface area (Å²) in [6.07, 6.45) is 0. The third-order valence-corrected chi connectivity index (χ3v) is 3.42. The Hall–Kier alpha value is -0.730. The standard InChI is InChI=1S/C10H8Cl2O2/c11-10(12)7(8(10)9(13)14)6-4-2-1-3-5-6/h1-5,7-8H,(H,13,14)/t7-,8+/m1/s1. The van der Waals surface area contributed by atoms with Gasteiger partial charge in [-0.25, -0.2) is 0 Å². The van der Waals surface area contributed by atoms with E-state index < -0.39 is 16.2 Å². The Kier molecular flexibility index (Phi) is 2.20. The predicted molar refractivity (Wildman–Crippen MR) is 54.7 cm³/mol. The number of benzene rings is 1. The van der Waals surface area contributed by atoms with Gasteiger partial charge in [-0.2, -0.15) is 0 Å². The van der Waals surface area contributed by atoms with E-state index in [9.17, 15) is 4.79 Å². The highest BCUT2D eigenvalue weighted by molar-refractivity contribution is 6.53. The zero-order valence-electron chi connectivity index (χ0n) is 7.15. The van der Waals surface area contributed by atoms with Crippen molar-refractivity contribution in [2.75, 3.05) is 0 Å². The minimum absolute atomic E-state index is 0.287. The fourth-order valence-corrected chi connectivity index (χ4v) is 2.53. The molecule has 1 aromatic rings. The van der Waals surface area contributed by atoms with Crippen LogP contribution in [0.5, 0.6) is 0 Å². The highest BCUT2D eigenvalue weighted by Crippen LogP contribution is 2.64. The van der Waals surface area contributed by atoms with Crippen molar-refractivity contribution in [1.82, 2.24) is 0 Å². The first-order valence-electron chi connectivity index (χ1n) is 4.20. The SMILES string of the molecule is O=C(O)[C@@H]1[C@@H](c2ccccc2)C1(Cl)Cl. The summed E-state index contributed by atoms with van der Waals surface area (Å²) in [7, 11) is 0. The van der Waals surface area contributed by atoms with Crippen LogP contribution < -0.4 is 0 Å². The molecule has 1 aliphatic rings. The summed E-state index contributed by atoms with van der Waals surface area (Å²) < 4.78 is -1.15. The Morgan fingerprint density at radius 1 is 1.29 bits per heavy atom. The van der Waals surface area contributed by atoms with E-state index >= 15 is 0 Å². The molecule has 0 spiro atoms. The monoisotopic (exact) mass is 230 g/mol. The lowest BCUT2D eigenvalue weighted by atomic mass is 10.1. The van der Waals surface area contributed by atoms with Crippen molar-refractivity contribution in [1.29, 1.82) is 0 Å². The molecule has 2 nitrogen and oxygen atoms in total. The molecule has 0 amide bonds. The number of hydrogen-bond donors (Lipinski definition) is 1. The van der Waals surface area contributed by atoms with Crippen molar-refractivity contribution < 1.29 is 9.90 Å². The fraction of sp³-hybridized carbons (Fsp3) is 0.300. The molecule has 0 unspecified atom stereocenters. The number of carbonyl (C=O) groups is 1. The van der Waals surface area contributed by atoms with Gasteiger partial charge in [0.25, 0.3) is 0 Å². The van der Waals surface area contributed by atoms with Crippen molar-refractivity contribution in [3.63, 3.8) is 0 Å². The van der Waals surface area contributed by atoms with E-state index in [0.717, 1.165) is 5.56 Å². The van der Waals surface area contributed by atoms with Crippen LogP contribution in [-0.4, -0.2) is 15.4 Å². The molecular weight excluding hydrogens is 223 g/mol. The third-order valence-electron chi connectivity index (χ3n) is 2.48. The van der Waals surface area contributed by atoms with E-state index in [1.165, 1.54) is 0 Å². The van der Waals surface area contributed by atoms with Crippen LogP contribution in [0.25, 0.3) is 0 Å². The van der Waals surface area contributed by atoms with Crippen LogP contribution in [0.4, 0.5) is 0 Å². The largest absolute Gasteiger partial charge is 0.481 e. The summed E-state index contributed by atoms with van der Waals surface area (Å²) in [4.78, 5) is 10.8. The van der Waals surface area contributed by atoms with E-state index in [0.29, 0.717) is 0 Å². The highest BCUT2D eigenvalue weighted by atomic mass is 35.5. The number of rotatable bonds is 2. The quantitative estimate of drug-likeness (QED) is 0.794. The number of hydrogen-bond acceptors (Lipinski definition) is 1. The normalized spacial score (nSPS) is 28.4. The minimum Gasteiger partial charge on any atom is -0.481 e. The smallest absolute Gasteiger partial charge is 0.310 e. The third kappa shape index (κ3) is 1.39. The number of aliphatic carboxylic acids is 1. The maximum atomic E-state index is 10.8. The van der Waals surface area contributed by atoms with E-state index in [-0.39, 0.29) is 5.92 Å². The second-order valence-corrected chi connectivity index (χ2v) is 4.82. The molecule has 4 heteroatoms. The average Bonchev–Trinajstić information content (AvgIpc) is 2.71. The van der Waals surface area contributed by atoms with Gasteiger partial charge >= 0.3 is 5.97 Å². The van der Waals surface area contributed by atoms with E-state index in [4.69, 9.17) is 28.3 Å². The van der Waals surface area contributed by atoms with Gasteiger partial charge in [-0.1, -0.05) is 53.5 Å². The van der Waals surface area contributed by atoms with Gasteiger partial charge in [-0.05, 0) is 5.56 Å². The van der Waals surface area contributed by atoms with Crippen LogP contribution in [-0.2, 0) is 4.79 Å². The van der Waals surface area contributed by atoms with Gasteiger partial charge < -0.3 is 5.11 Å². The highest BCUT2D eigenvalue weighted by Gasteiger charge is 2.68. The maximum Gasteiger partial charge on any atom is 0.310 e. The van der Waals surface area contributed by atoms with E-state index in [1.54, 1.807) is 0 Å². The van der Waals surface area contributed by atoms with Gasteiger partial charge in [0, 0.05) is 5.92 Å². The van der Waals surface area contributed by atoms with Crippen molar-refractivity contribution in [2.24, 2.45) is 5.92 Å². The molecular formula is C10H8Cl2O2. The number of carboxylic acid groups (broad SMARTS) is 1. The average molecular weight is 231 g/mol. The van der Waals surface area contributed by atoms with Crippen molar-refractivity contribution in [3.05, 3.63) is 35.9 Å². The van der Waals surface area contributed by atoms with Crippen molar-refractivity contribution >= 4 is 29.2 Å². The van der Waals surface area contributed by atoms with Gasteiger partial charge in [0.1, 0.15) is 4.33 Å². The first kappa shape index (κ1) is 9.81. The van der Waals surface area contributed by atoms with Gasteiger partial charge in [-0.15, -0.1) is 0 Å². The molecule has 74 valence electrons. The van der Waals surface area contributed by atoms with Gasteiger partial charge in [0.05, 0.1) is 5.92 Å². The van der Waals surface area contributed by atoms with Crippen molar-refractivity contribution in [2.45, 2.75) is 10.3 Å². The summed E-state index contributed by atoms with van der Waals surface area (Å²) in [5, 5.41) is 8.85. The molecule has 0 heterocycles. The molecule has 1 N–H and O–H groups in total. The molecule has 1 aliphatic carbocycles. The number of halogens is 2. The minimum atomic E-state index is -1.15. The summed E-state index contributed by atoms with van der Waals surface area (Å²) >= 11 is 11.8. The zero-order chi connectivity index (χ0) is 10.3. The Morgan fingerprint density at radius 3 is 2.29 bits per heavy atom. The number of carboxylic acids is 1. The Morgan fingerprint density at radius 2 is 1.86 bits per heavy atom. The molecule has 1 fully saturated rings. The molecule has 0 radical (unpaired) electrons. The Balaban J connectivity index is 2.28. The molecule has 0 bridgehead atoms. The van der Waals surface area contributed by atoms with Gasteiger partial charge in [0.2, 0.25) is 0 Å². The van der Waals surface area contributed by atoms with Crippen LogP contribution in [0.3, 0.4) is 0 Å². The summed E-state index contributed by atoms with van der Waals surface area (Å²) in [6, 6.07) is 9.23. The molecule has 2 rings (SSSR count). The van der Waals surface area contributed by atoms with E-state index in [2.05, 4.69) is 0 Å².